The molecule has 0 atom stereocenters. The molecule has 6 nitrogen and oxygen atoms in total. The van der Waals surface area contributed by atoms with Gasteiger partial charge in [0, 0.05) is 23.9 Å². The molecule has 2 aromatic heterocycles. The molecule has 1 radical (unpaired) electrons. The SMILES string of the molecule is CC(C)c1cc(Nc2nc(N3[CH]CCC3)nc3c2CCC3)n[nH]1. The van der Waals surface area contributed by atoms with Crippen LogP contribution in [0.3, 0.4) is 0 Å². The second kappa shape index (κ2) is 5.83. The molecule has 1 fully saturated rings. The molecule has 0 unspecified atom stereocenters. The second-order valence-corrected chi connectivity index (χ2v) is 6.66. The minimum absolute atomic E-state index is 0.434. The van der Waals surface area contributed by atoms with E-state index in [0.717, 1.165) is 55.5 Å². The Morgan fingerprint density at radius 3 is 2.87 bits per heavy atom. The van der Waals surface area contributed by atoms with Gasteiger partial charge in [0.25, 0.3) is 0 Å². The highest BCUT2D eigenvalue weighted by atomic mass is 15.3. The number of aryl methyl sites for hydroxylation is 1. The van der Waals surface area contributed by atoms with Crippen LogP contribution in [0.5, 0.6) is 0 Å². The Hall–Kier alpha value is -2.11. The third-order valence-electron chi connectivity index (χ3n) is 4.60. The van der Waals surface area contributed by atoms with E-state index >= 15 is 0 Å². The third kappa shape index (κ3) is 2.78. The van der Waals surface area contributed by atoms with Crippen molar-refractivity contribution < 1.29 is 0 Å². The molecule has 6 heteroatoms. The summed E-state index contributed by atoms with van der Waals surface area (Å²) < 4.78 is 0. The molecule has 0 bridgehead atoms. The van der Waals surface area contributed by atoms with E-state index in [-0.39, 0.29) is 0 Å². The first kappa shape index (κ1) is 14.5. The fraction of sp³-hybridized carbons (Fsp3) is 0.529. The Morgan fingerprint density at radius 1 is 1.22 bits per heavy atom. The van der Waals surface area contributed by atoms with Gasteiger partial charge in [0.2, 0.25) is 5.95 Å². The summed E-state index contributed by atoms with van der Waals surface area (Å²) in [7, 11) is 0. The lowest BCUT2D eigenvalue weighted by Gasteiger charge is -2.17. The molecule has 0 aromatic carbocycles. The van der Waals surface area contributed by atoms with E-state index in [1.54, 1.807) is 0 Å². The summed E-state index contributed by atoms with van der Waals surface area (Å²) in [6, 6.07) is 2.07. The number of aromatic amines is 1. The number of hydrogen-bond donors (Lipinski definition) is 2. The van der Waals surface area contributed by atoms with Crippen LogP contribution in [0.25, 0.3) is 0 Å². The first-order valence-corrected chi connectivity index (χ1v) is 8.53. The summed E-state index contributed by atoms with van der Waals surface area (Å²) in [5.41, 5.74) is 3.57. The first-order valence-electron chi connectivity index (χ1n) is 8.53. The summed E-state index contributed by atoms with van der Waals surface area (Å²) in [6.45, 7) is 7.52. The van der Waals surface area contributed by atoms with Crippen LogP contribution < -0.4 is 10.2 Å². The van der Waals surface area contributed by atoms with Gasteiger partial charge in [-0.15, -0.1) is 0 Å². The molecular weight excluding hydrogens is 288 g/mol. The van der Waals surface area contributed by atoms with Crippen LogP contribution >= 0.6 is 0 Å². The predicted molar refractivity (Wildman–Crippen MR) is 90.9 cm³/mol. The van der Waals surface area contributed by atoms with Crippen molar-refractivity contribution in [2.75, 3.05) is 16.8 Å². The van der Waals surface area contributed by atoms with Crippen molar-refractivity contribution in [1.82, 2.24) is 20.2 Å². The van der Waals surface area contributed by atoms with E-state index in [4.69, 9.17) is 9.97 Å². The lowest BCUT2D eigenvalue weighted by Crippen LogP contribution is -2.18. The van der Waals surface area contributed by atoms with E-state index < -0.39 is 0 Å². The number of aromatic nitrogens is 4. The van der Waals surface area contributed by atoms with Crippen LogP contribution in [-0.2, 0) is 12.8 Å². The van der Waals surface area contributed by atoms with Gasteiger partial charge in [-0.25, -0.2) is 4.98 Å². The van der Waals surface area contributed by atoms with Gasteiger partial charge >= 0.3 is 0 Å². The van der Waals surface area contributed by atoms with Crippen molar-refractivity contribution in [3.8, 4) is 0 Å². The molecule has 4 rings (SSSR count). The van der Waals surface area contributed by atoms with Crippen molar-refractivity contribution in [2.45, 2.75) is 51.9 Å². The van der Waals surface area contributed by atoms with Crippen molar-refractivity contribution in [3.05, 3.63) is 29.6 Å². The molecule has 23 heavy (non-hydrogen) atoms. The zero-order valence-corrected chi connectivity index (χ0v) is 13.8. The van der Waals surface area contributed by atoms with Crippen LogP contribution in [0, 0.1) is 6.54 Å². The lowest BCUT2D eigenvalue weighted by molar-refractivity contribution is 0.811. The molecule has 0 amide bonds. The highest BCUT2D eigenvalue weighted by Gasteiger charge is 2.23. The molecule has 1 aliphatic carbocycles. The van der Waals surface area contributed by atoms with Gasteiger partial charge in [-0.2, -0.15) is 10.1 Å². The molecule has 121 valence electrons. The molecule has 2 N–H and O–H groups in total. The number of anilines is 3. The summed E-state index contributed by atoms with van der Waals surface area (Å²) in [6.07, 6.45) is 5.54. The number of rotatable bonds is 4. The van der Waals surface area contributed by atoms with Gasteiger partial charge in [0.05, 0.1) is 12.2 Å². The lowest BCUT2D eigenvalue weighted by atomic mass is 10.1. The Kier molecular flexibility index (Phi) is 3.67. The van der Waals surface area contributed by atoms with Gasteiger partial charge in [-0.05, 0) is 38.0 Å². The molecule has 3 heterocycles. The van der Waals surface area contributed by atoms with Gasteiger partial charge in [0.1, 0.15) is 5.82 Å². The Labute approximate surface area is 136 Å². The van der Waals surface area contributed by atoms with Crippen LogP contribution in [0.1, 0.15) is 56.0 Å². The zero-order valence-electron chi connectivity index (χ0n) is 13.8. The predicted octanol–water partition coefficient (Wildman–Crippen LogP) is 3.32. The molecule has 2 aliphatic rings. The number of hydrogen-bond acceptors (Lipinski definition) is 5. The minimum atomic E-state index is 0.434. The van der Waals surface area contributed by atoms with Crippen molar-refractivity contribution in [2.24, 2.45) is 0 Å². The molecule has 1 aliphatic heterocycles. The third-order valence-corrected chi connectivity index (χ3v) is 4.60. The summed E-state index contributed by atoms with van der Waals surface area (Å²) in [4.78, 5) is 11.8. The van der Waals surface area contributed by atoms with Crippen LogP contribution in [0.15, 0.2) is 6.07 Å². The Morgan fingerprint density at radius 2 is 2.13 bits per heavy atom. The largest absolute Gasteiger partial charge is 0.336 e. The second-order valence-electron chi connectivity index (χ2n) is 6.66. The normalized spacial score (nSPS) is 17.1. The summed E-state index contributed by atoms with van der Waals surface area (Å²) in [5.74, 6) is 3.01. The van der Waals surface area contributed by atoms with E-state index in [0.29, 0.717) is 5.92 Å². The Balaban J connectivity index is 1.66. The molecule has 0 saturated carbocycles. The monoisotopic (exact) mass is 311 g/mol. The Bertz CT molecular complexity index is 699. The highest BCUT2D eigenvalue weighted by molar-refractivity contribution is 5.61. The smallest absolute Gasteiger partial charge is 0.227 e. The van der Waals surface area contributed by atoms with Gasteiger partial charge in [-0.3, -0.25) is 5.10 Å². The maximum atomic E-state index is 4.79. The summed E-state index contributed by atoms with van der Waals surface area (Å²) in [5, 5.41) is 10.9. The standard InChI is InChI=1S/C17H23N6/c1-11(2)14-10-15(22-21-14)19-16-12-6-5-7-13(12)18-17(20-16)23-8-3-4-9-23/h8,10-11H,3-7,9H2,1-2H3,(H2,18,19,20,21,22). The molecule has 2 aromatic rings. The maximum absolute atomic E-state index is 4.79. The topological polar surface area (TPSA) is 69.7 Å². The van der Waals surface area contributed by atoms with Crippen molar-refractivity contribution >= 4 is 17.6 Å². The van der Waals surface area contributed by atoms with Gasteiger partial charge < -0.3 is 10.2 Å². The van der Waals surface area contributed by atoms with E-state index in [2.05, 4.69) is 46.9 Å². The number of nitrogens with zero attached hydrogens (tertiary/aromatic N) is 4. The van der Waals surface area contributed by atoms with Gasteiger partial charge in [-0.1, -0.05) is 13.8 Å². The average molecular weight is 311 g/mol. The van der Waals surface area contributed by atoms with Gasteiger partial charge in [0.15, 0.2) is 5.82 Å². The quantitative estimate of drug-likeness (QED) is 0.906. The maximum Gasteiger partial charge on any atom is 0.227 e. The fourth-order valence-corrected chi connectivity index (χ4v) is 3.25. The fourth-order valence-electron chi connectivity index (χ4n) is 3.25. The molecule has 0 spiro atoms. The zero-order chi connectivity index (χ0) is 15.8. The molecule has 1 saturated heterocycles. The molecular formula is C17H23N6. The van der Waals surface area contributed by atoms with Crippen molar-refractivity contribution in [1.29, 1.82) is 0 Å². The van der Waals surface area contributed by atoms with E-state index in [1.165, 1.54) is 17.7 Å². The van der Waals surface area contributed by atoms with E-state index in [9.17, 15) is 0 Å². The number of nitrogens with one attached hydrogen (secondary N) is 2. The average Bonchev–Trinajstić information content (AvgIpc) is 3.28. The van der Waals surface area contributed by atoms with Crippen LogP contribution in [0.2, 0.25) is 0 Å². The van der Waals surface area contributed by atoms with Crippen LogP contribution in [0.4, 0.5) is 17.6 Å². The van der Waals surface area contributed by atoms with Crippen molar-refractivity contribution in [3.63, 3.8) is 0 Å². The summed E-state index contributed by atoms with van der Waals surface area (Å²) >= 11 is 0. The van der Waals surface area contributed by atoms with E-state index in [1.807, 2.05) is 0 Å². The first-order chi connectivity index (χ1) is 11.2. The number of H-pyrrole nitrogens is 1. The minimum Gasteiger partial charge on any atom is -0.336 e. The number of fused-ring (bicyclic) bond motifs is 1. The van der Waals surface area contributed by atoms with Crippen LogP contribution in [-0.4, -0.2) is 26.7 Å². The highest BCUT2D eigenvalue weighted by Crippen LogP contribution is 2.31.